The van der Waals surface area contributed by atoms with Crippen LogP contribution < -0.4 is 5.32 Å². The molecule has 0 aliphatic carbocycles. The molecule has 2 aromatic heterocycles. The number of terminal acetylenes is 1. The average Bonchev–Trinajstić information content (AvgIpc) is 2.87. The van der Waals surface area contributed by atoms with Crippen molar-refractivity contribution in [2.75, 3.05) is 6.54 Å². The molecule has 0 amide bonds. The van der Waals surface area contributed by atoms with E-state index in [4.69, 9.17) is 10.9 Å². The van der Waals surface area contributed by atoms with Gasteiger partial charge < -0.3 is 4.52 Å². The van der Waals surface area contributed by atoms with Crippen molar-refractivity contribution in [3.63, 3.8) is 0 Å². The summed E-state index contributed by atoms with van der Waals surface area (Å²) in [7, 11) is 0. The molecular formula is C8H8N6O. The predicted octanol–water partition coefficient (Wildman–Crippen LogP) is -0.423. The van der Waals surface area contributed by atoms with Crippen LogP contribution in [0.4, 0.5) is 0 Å². The molecule has 7 nitrogen and oxygen atoms in total. The van der Waals surface area contributed by atoms with Gasteiger partial charge in [0.25, 0.3) is 0 Å². The molecule has 0 aliphatic heterocycles. The molecule has 2 N–H and O–H groups in total. The fourth-order valence-electron chi connectivity index (χ4n) is 0.978. The highest BCUT2D eigenvalue weighted by Crippen LogP contribution is 2.07. The average molecular weight is 204 g/mol. The van der Waals surface area contributed by atoms with Crippen molar-refractivity contribution in [1.82, 2.24) is 30.6 Å². The molecule has 0 bridgehead atoms. The predicted molar refractivity (Wildman–Crippen MR) is 50.2 cm³/mol. The van der Waals surface area contributed by atoms with Gasteiger partial charge in [-0.2, -0.15) is 10.1 Å². The lowest BCUT2D eigenvalue weighted by atomic mass is 10.5. The Bertz CT molecular complexity index is 454. The van der Waals surface area contributed by atoms with Crippen LogP contribution in [0, 0.1) is 12.3 Å². The Hall–Kier alpha value is -2.20. The van der Waals surface area contributed by atoms with Gasteiger partial charge in [-0.15, -0.1) is 6.42 Å². The van der Waals surface area contributed by atoms with Crippen LogP contribution in [0.25, 0.3) is 11.6 Å². The Morgan fingerprint density at radius 1 is 1.60 bits per heavy atom. The highest BCUT2D eigenvalue weighted by molar-refractivity contribution is 5.39. The SMILES string of the molecule is C#CCNCc1nc(-c2ncn[nH]2)no1. The van der Waals surface area contributed by atoms with E-state index < -0.39 is 0 Å². The van der Waals surface area contributed by atoms with Crippen molar-refractivity contribution >= 4 is 0 Å². The highest BCUT2D eigenvalue weighted by Gasteiger charge is 2.09. The zero-order valence-electron chi connectivity index (χ0n) is 7.77. The molecule has 76 valence electrons. The number of H-pyrrole nitrogens is 1. The second-order valence-electron chi connectivity index (χ2n) is 2.65. The molecular weight excluding hydrogens is 196 g/mol. The summed E-state index contributed by atoms with van der Waals surface area (Å²) in [6.45, 7) is 0.894. The van der Waals surface area contributed by atoms with Crippen molar-refractivity contribution in [1.29, 1.82) is 0 Å². The Labute approximate surface area is 85.3 Å². The fraction of sp³-hybridized carbons (Fsp3) is 0.250. The molecule has 2 rings (SSSR count). The van der Waals surface area contributed by atoms with Gasteiger partial charge >= 0.3 is 0 Å². The largest absolute Gasteiger partial charge is 0.337 e. The Morgan fingerprint density at radius 2 is 2.53 bits per heavy atom. The molecule has 0 fully saturated rings. The lowest BCUT2D eigenvalue weighted by Crippen LogP contribution is -2.13. The van der Waals surface area contributed by atoms with E-state index in [0.29, 0.717) is 30.6 Å². The first kappa shape index (κ1) is 9.36. The van der Waals surface area contributed by atoms with E-state index in [0.717, 1.165) is 0 Å². The minimum absolute atomic E-state index is 0.380. The quantitative estimate of drug-likeness (QED) is 0.519. The van der Waals surface area contributed by atoms with Crippen molar-refractivity contribution in [3.05, 3.63) is 12.2 Å². The molecule has 0 atom stereocenters. The standard InChI is InChI=1S/C8H8N6O/c1-2-3-9-4-6-12-8(14-15-6)7-10-5-11-13-7/h1,5,9H,3-4H2,(H,10,11,13). The minimum Gasteiger partial charge on any atom is -0.337 e. The van der Waals surface area contributed by atoms with E-state index in [2.05, 4.69) is 36.6 Å². The van der Waals surface area contributed by atoms with Gasteiger partial charge in [-0.05, 0) is 0 Å². The van der Waals surface area contributed by atoms with Gasteiger partial charge in [0.1, 0.15) is 6.33 Å². The lowest BCUT2D eigenvalue weighted by molar-refractivity contribution is 0.370. The molecule has 0 aromatic carbocycles. The first-order valence-corrected chi connectivity index (χ1v) is 4.22. The van der Waals surface area contributed by atoms with Crippen LogP contribution in [0.3, 0.4) is 0 Å². The topological polar surface area (TPSA) is 92.5 Å². The van der Waals surface area contributed by atoms with Gasteiger partial charge in [0.15, 0.2) is 5.82 Å². The lowest BCUT2D eigenvalue weighted by Gasteiger charge is -1.91. The fourth-order valence-corrected chi connectivity index (χ4v) is 0.978. The van der Waals surface area contributed by atoms with E-state index in [9.17, 15) is 0 Å². The maximum atomic E-state index is 5.07. The Kier molecular flexibility index (Phi) is 2.71. The van der Waals surface area contributed by atoms with Crippen LogP contribution in [0.2, 0.25) is 0 Å². The molecule has 0 unspecified atom stereocenters. The van der Waals surface area contributed by atoms with E-state index in [1.807, 2.05) is 0 Å². The molecule has 0 saturated carbocycles. The van der Waals surface area contributed by atoms with Crippen LogP contribution in [0.5, 0.6) is 0 Å². The van der Waals surface area contributed by atoms with Gasteiger partial charge in [-0.3, -0.25) is 10.4 Å². The maximum Gasteiger partial charge on any atom is 0.241 e. The summed E-state index contributed by atoms with van der Waals surface area (Å²) >= 11 is 0. The second kappa shape index (κ2) is 4.34. The Morgan fingerprint density at radius 3 is 3.27 bits per heavy atom. The van der Waals surface area contributed by atoms with Crippen LogP contribution in [0.1, 0.15) is 5.89 Å². The number of hydrogen-bond donors (Lipinski definition) is 2. The third kappa shape index (κ3) is 2.18. The van der Waals surface area contributed by atoms with Crippen LogP contribution in [0.15, 0.2) is 10.9 Å². The number of nitrogens with one attached hydrogen (secondary N) is 2. The minimum atomic E-state index is 0.380. The van der Waals surface area contributed by atoms with E-state index in [1.165, 1.54) is 6.33 Å². The first-order valence-electron chi connectivity index (χ1n) is 4.22. The number of rotatable bonds is 4. The molecule has 7 heteroatoms. The zero-order valence-corrected chi connectivity index (χ0v) is 7.77. The summed E-state index contributed by atoms with van der Waals surface area (Å²) in [6.07, 6.45) is 6.45. The normalized spacial score (nSPS) is 10.1. The molecule has 0 saturated heterocycles. The van der Waals surface area contributed by atoms with E-state index in [1.54, 1.807) is 0 Å². The monoisotopic (exact) mass is 204 g/mol. The number of aromatic amines is 1. The van der Waals surface area contributed by atoms with Crippen LogP contribution in [-0.2, 0) is 6.54 Å². The summed E-state index contributed by atoms with van der Waals surface area (Å²) < 4.78 is 4.96. The van der Waals surface area contributed by atoms with E-state index in [-0.39, 0.29) is 0 Å². The molecule has 0 radical (unpaired) electrons. The van der Waals surface area contributed by atoms with Gasteiger partial charge in [0.05, 0.1) is 13.1 Å². The van der Waals surface area contributed by atoms with Crippen molar-refractivity contribution in [2.45, 2.75) is 6.54 Å². The van der Waals surface area contributed by atoms with Crippen LogP contribution >= 0.6 is 0 Å². The molecule has 15 heavy (non-hydrogen) atoms. The maximum absolute atomic E-state index is 5.07. The van der Waals surface area contributed by atoms with Gasteiger partial charge in [0, 0.05) is 0 Å². The number of hydrogen-bond acceptors (Lipinski definition) is 6. The second-order valence-corrected chi connectivity index (χ2v) is 2.65. The van der Waals surface area contributed by atoms with Gasteiger partial charge in [-0.25, -0.2) is 4.98 Å². The van der Waals surface area contributed by atoms with Crippen molar-refractivity contribution < 1.29 is 4.52 Å². The van der Waals surface area contributed by atoms with Crippen molar-refractivity contribution in [2.24, 2.45) is 0 Å². The first-order chi connectivity index (χ1) is 7.40. The Balaban J connectivity index is 2.02. The summed E-state index contributed by atoms with van der Waals surface area (Å²) in [5, 5.41) is 13.0. The van der Waals surface area contributed by atoms with Crippen molar-refractivity contribution in [3.8, 4) is 24.0 Å². The zero-order chi connectivity index (χ0) is 10.5. The van der Waals surface area contributed by atoms with Crippen LogP contribution in [-0.4, -0.2) is 31.9 Å². The summed E-state index contributed by atoms with van der Waals surface area (Å²) in [6, 6.07) is 0. The van der Waals surface area contributed by atoms with Gasteiger partial charge in [-0.1, -0.05) is 11.1 Å². The molecule has 2 heterocycles. The summed E-state index contributed by atoms with van der Waals surface area (Å²) in [5.41, 5.74) is 0. The van der Waals surface area contributed by atoms with E-state index >= 15 is 0 Å². The summed E-state index contributed by atoms with van der Waals surface area (Å²) in [5.74, 6) is 3.75. The highest BCUT2D eigenvalue weighted by atomic mass is 16.5. The molecule has 2 aromatic rings. The van der Waals surface area contributed by atoms with Gasteiger partial charge in [0.2, 0.25) is 11.7 Å². The molecule has 0 spiro atoms. The molecule has 0 aliphatic rings. The third-order valence-electron chi connectivity index (χ3n) is 1.60. The smallest absolute Gasteiger partial charge is 0.241 e. The summed E-state index contributed by atoms with van der Waals surface area (Å²) in [4.78, 5) is 7.97. The number of aromatic nitrogens is 5. The third-order valence-corrected chi connectivity index (χ3v) is 1.60. The number of nitrogens with zero attached hydrogens (tertiary/aromatic N) is 4.